The lowest BCUT2D eigenvalue weighted by atomic mass is 10.0. The van der Waals surface area contributed by atoms with Gasteiger partial charge in [0.15, 0.2) is 0 Å². The molecular weight excluding hydrogens is 273 g/mol. The van der Waals surface area contributed by atoms with Crippen LogP contribution in [0.2, 0.25) is 0 Å². The van der Waals surface area contributed by atoms with Gasteiger partial charge in [0.1, 0.15) is 0 Å². The third-order valence-electron chi connectivity index (χ3n) is 2.99. The summed E-state index contributed by atoms with van der Waals surface area (Å²) in [6.45, 7) is 3.15. The van der Waals surface area contributed by atoms with Crippen LogP contribution in [0.4, 0.5) is 23.7 Å². The Hall–Kier alpha value is -1.76. The van der Waals surface area contributed by atoms with E-state index < -0.39 is 23.3 Å². The summed E-state index contributed by atoms with van der Waals surface area (Å²) >= 11 is 0. The monoisotopic (exact) mass is 290 g/mol. The van der Waals surface area contributed by atoms with Crippen LogP contribution in [0.1, 0.15) is 25.8 Å². The second-order valence-corrected chi connectivity index (χ2v) is 4.73. The zero-order chi connectivity index (χ0) is 15.4. The molecule has 4 nitrogen and oxygen atoms in total. The molecule has 0 saturated carbocycles. The molecule has 2 amide bonds. The van der Waals surface area contributed by atoms with Crippen LogP contribution in [-0.4, -0.2) is 23.3 Å². The Kier molecular flexibility index (Phi) is 4.99. The first kappa shape index (κ1) is 16.3. The highest BCUT2D eigenvalue weighted by molar-refractivity contribution is 5.89. The SMILES string of the molecule is CCC(C)(CO)NC(=O)Nc1cccc(C(F)(F)F)c1. The lowest BCUT2D eigenvalue weighted by molar-refractivity contribution is -0.137. The molecule has 1 aromatic carbocycles. The van der Waals surface area contributed by atoms with Gasteiger partial charge in [-0.2, -0.15) is 13.2 Å². The van der Waals surface area contributed by atoms with Gasteiger partial charge in [0.2, 0.25) is 0 Å². The van der Waals surface area contributed by atoms with Gasteiger partial charge in [0.25, 0.3) is 0 Å². The summed E-state index contributed by atoms with van der Waals surface area (Å²) in [7, 11) is 0. The average Bonchev–Trinajstić information content (AvgIpc) is 2.37. The van der Waals surface area contributed by atoms with Crippen LogP contribution in [0.15, 0.2) is 24.3 Å². The number of carbonyl (C=O) groups excluding carboxylic acids is 1. The number of urea groups is 1. The smallest absolute Gasteiger partial charge is 0.394 e. The Morgan fingerprint density at radius 2 is 2.00 bits per heavy atom. The molecule has 0 radical (unpaired) electrons. The van der Waals surface area contributed by atoms with Gasteiger partial charge in [0, 0.05) is 5.69 Å². The average molecular weight is 290 g/mol. The molecule has 3 N–H and O–H groups in total. The predicted octanol–water partition coefficient (Wildman–Crippen LogP) is 2.99. The summed E-state index contributed by atoms with van der Waals surface area (Å²) in [4.78, 5) is 11.7. The Morgan fingerprint density at radius 3 is 2.50 bits per heavy atom. The maximum atomic E-state index is 12.5. The standard InChI is InChI=1S/C13H17F3N2O2/c1-3-12(2,8-19)18-11(20)17-10-6-4-5-9(7-10)13(14,15)16/h4-7,19H,3,8H2,1-2H3,(H2,17,18,20). The van der Waals surface area contributed by atoms with Crippen molar-refractivity contribution in [1.82, 2.24) is 5.32 Å². The number of alkyl halides is 3. The molecule has 0 spiro atoms. The van der Waals surface area contributed by atoms with E-state index in [0.717, 1.165) is 12.1 Å². The molecule has 1 atom stereocenters. The third kappa shape index (κ3) is 4.41. The van der Waals surface area contributed by atoms with Gasteiger partial charge in [0.05, 0.1) is 17.7 Å². The van der Waals surface area contributed by atoms with Gasteiger partial charge in [-0.3, -0.25) is 0 Å². The Morgan fingerprint density at radius 1 is 1.35 bits per heavy atom. The van der Waals surface area contributed by atoms with Crippen molar-refractivity contribution in [2.75, 3.05) is 11.9 Å². The molecule has 0 bridgehead atoms. The van der Waals surface area contributed by atoms with Crippen molar-refractivity contribution >= 4 is 11.7 Å². The van der Waals surface area contributed by atoms with E-state index in [2.05, 4.69) is 10.6 Å². The molecule has 0 aliphatic rings. The van der Waals surface area contributed by atoms with Gasteiger partial charge >= 0.3 is 12.2 Å². The molecule has 0 aliphatic carbocycles. The first-order valence-electron chi connectivity index (χ1n) is 6.07. The largest absolute Gasteiger partial charge is 0.416 e. The van der Waals surface area contributed by atoms with Crippen LogP contribution in [0, 0.1) is 0 Å². The quantitative estimate of drug-likeness (QED) is 0.798. The van der Waals surface area contributed by atoms with Crippen molar-refractivity contribution < 1.29 is 23.1 Å². The lowest BCUT2D eigenvalue weighted by Gasteiger charge is -2.27. The molecule has 1 rings (SSSR count). The summed E-state index contributed by atoms with van der Waals surface area (Å²) in [6.07, 6.45) is -3.98. The van der Waals surface area contributed by atoms with Gasteiger partial charge in [-0.1, -0.05) is 13.0 Å². The highest BCUT2D eigenvalue weighted by Gasteiger charge is 2.30. The van der Waals surface area contributed by atoms with Gasteiger partial charge in [-0.25, -0.2) is 4.79 Å². The number of hydrogen-bond acceptors (Lipinski definition) is 2. The van der Waals surface area contributed by atoms with Crippen molar-refractivity contribution in [2.24, 2.45) is 0 Å². The van der Waals surface area contributed by atoms with Gasteiger partial charge in [-0.05, 0) is 31.5 Å². The van der Waals surface area contributed by atoms with Crippen LogP contribution in [0.5, 0.6) is 0 Å². The van der Waals surface area contributed by atoms with Crippen molar-refractivity contribution in [3.05, 3.63) is 29.8 Å². The summed E-state index contributed by atoms with van der Waals surface area (Å²) in [5, 5.41) is 14.0. The number of aliphatic hydroxyl groups excluding tert-OH is 1. The van der Waals surface area contributed by atoms with E-state index in [1.54, 1.807) is 13.8 Å². The number of halogens is 3. The second-order valence-electron chi connectivity index (χ2n) is 4.73. The number of benzene rings is 1. The molecule has 0 aromatic heterocycles. The number of hydrogen-bond donors (Lipinski definition) is 3. The van der Waals surface area contributed by atoms with Gasteiger partial charge < -0.3 is 15.7 Å². The molecule has 1 aromatic rings. The molecule has 112 valence electrons. The van der Waals surface area contributed by atoms with Crippen LogP contribution >= 0.6 is 0 Å². The first-order valence-corrected chi connectivity index (χ1v) is 6.07. The maximum absolute atomic E-state index is 12.5. The predicted molar refractivity (Wildman–Crippen MR) is 69.4 cm³/mol. The van der Waals surface area contributed by atoms with Crippen LogP contribution < -0.4 is 10.6 Å². The normalized spacial score (nSPS) is 14.5. The highest BCUT2D eigenvalue weighted by Crippen LogP contribution is 2.30. The molecule has 7 heteroatoms. The fourth-order valence-electron chi connectivity index (χ4n) is 1.45. The number of carbonyl (C=O) groups is 1. The second kappa shape index (κ2) is 6.13. The summed E-state index contributed by atoms with van der Waals surface area (Å²) in [5.41, 5.74) is -1.62. The van der Waals surface area contributed by atoms with Gasteiger partial charge in [-0.15, -0.1) is 0 Å². The Labute approximate surface area is 115 Å². The number of anilines is 1. The van der Waals surface area contributed by atoms with Crippen LogP contribution in [0.25, 0.3) is 0 Å². The minimum atomic E-state index is -4.46. The van der Waals surface area contributed by atoms with Crippen molar-refractivity contribution in [3.63, 3.8) is 0 Å². The van der Waals surface area contributed by atoms with Crippen molar-refractivity contribution in [3.8, 4) is 0 Å². The van der Waals surface area contributed by atoms with E-state index in [1.807, 2.05) is 0 Å². The molecule has 0 heterocycles. The first-order chi connectivity index (χ1) is 9.20. The third-order valence-corrected chi connectivity index (χ3v) is 2.99. The van der Waals surface area contributed by atoms with Crippen LogP contribution in [-0.2, 0) is 6.18 Å². The Balaban J connectivity index is 2.77. The summed E-state index contributed by atoms with van der Waals surface area (Å²) in [5.74, 6) is 0. The number of amides is 2. The minimum absolute atomic E-state index is 0.0358. The maximum Gasteiger partial charge on any atom is 0.416 e. The number of nitrogens with one attached hydrogen (secondary N) is 2. The highest BCUT2D eigenvalue weighted by atomic mass is 19.4. The zero-order valence-electron chi connectivity index (χ0n) is 11.2. The fraction of sp³-hybridized carbons (Fsp3) is 0.462. The molecule has 0 fully saturated rings. The van der Waals surface area contributed by atoms with Crippen molar-refractivity contribution in [1.29, 1.82) is 0 Å². The zero-order valence-corrected chi connectivity index (χ0v) is 11.2. The Bertz CT molecular complexity index is 471. The van der Waals surface area contributed by atoms with Crippen molar-refractivity contribution in [2.45, 2.75) is 32.0 Å². The fourth-order valence-corrected chi connectivity index (χ4v) is 1.45. The van der Waals surface area contributed by atoms with E-state index in [4.69, 9.17) is 5.11 Å². The summed E-state index contributed by atoms with van der Waals surface area (Å²) in [6, 6.07) is 3.68. The van der Waals surface area contributed by atoms with Crippen LogP contribution in [0.3, 0.4) is 0 Å². The molecule has 0 aliphatic heterocycles. The van der Waals surface area contributed by atoms with E-state index in [1.165, 1.54) is 12.1 Å². The molecular formula is C13H17F3N2O2. The van der Waals surface area contributed by atoms with E-state index in [9.17, 15) is 18.0 Å². The molecule has 20 heavy (non-hydrogen) atoms. The van der Waals surface area contributed by atoms with E-state index in [0.29, 0.717) is 6.42 Å². The summed E-state index contributed by atoms with van der Waals surface area (Å²) < 4.78 is 37.6. The minimum Gasteiger partial charge on any atom is -0.394 e. The topological polar surface area (TPSA) is 61.4 Å². The molecule has 0 saturated heterocycles. The lowest BCUT2D eigenvalue weighted by Crippen LogP contribution is -2.50. The number of aliphatic hydroxyl groups is 1. The number of rotatable bonds is 4. The van der Waals surface area contributed by atoms with E-state index in [-0.39, 0.29) is 12.3 Å². The molecule has 1 unspecified atom stereocenters. The van der Waals surface area contributed by atoms with E-state index >= 15 is 0 Å².